The highest BCUT2D eigenvalue weighted by molar-refractivity contribution is 5.97. The molecule has 1 aromatic rings. The largest absolute Gasteiger partial charge is 0.459 e. The molecule has 0 heterocycles. The predicted octanol–water partition coefficient (Wildman–Crippen LogP) is 2.05. The second kappa shape index (κ2) is 4.82. The summed E-state index contributed by atoms with van der Waals surface area (Å²) in [7, 11) is 0. The molecule has 0 unspecified atom stereocenters. The highest BCUT2D eigenvalue weighted by atomic mass is 16.6. The fourth-order valence-electron chi connectivity index (χ4n) is 1.38. The number of carbonyl (C=O) groups is 1. The van der Waals surface area contributed by atoms with E-state index in [1.807, 2.05) is 0 Å². The second-order valence-electron chi connectivity index (χ2n) is 3.96. The summed E-state index contributed by atoms with van der Waals surface area (Å²) in [5.74, 6) is -0.649. The number of benzene rings is 1. The van der Waals surface area contributed by atoms with Crippen LogP contribution in [0.3, 0.4) is 0 Å². The predicted molar refractivity (Wildman–Crippen MR) is 62.8 cm³/mol. The maximum atomic E-state index is 11.7. The third-order valence-corrected chi connectivity index (χ3v) is 2.06. The number of nitro groups is 1. The summed E-state index contributed by atoms with van der Waals surface area (Å²) in [5, 5.41) is 10.7. The minimum Gasteiger partial charge on any atom is -0.459 e. The number of esters is 1. The smallest absolute Gasteiger partial charge is 0.340 e. The summed E-state index contributed by atoms with van der Waals surface area (Å²) < 4.78 is 4.97. The fourth-order valence-corrected chi connectivity index (χ4v) is 1.38. The molecule has 6 heteroatoms. The van der Waals surface area contributed by atoms with Crippen LogP contribution in [-0.2, 0) is 4.74 Å². The lowest BCUT2D eigenvalue weighted by molar-refractivity contribution is -0.384. The molecule has 6 nitrogen and oxygen atoms in total. The quantitative estimate of drug-likeness (QED) is 0.376. The van der Waals surface area contributed by atoms with E-state index in [0.29, 0.717) is 5.56 Å². The zero-order valence-electron chi connectivity index (χ0n) is 9.89. The van der Waals surface area contributed by atoms with E-state index in [2.05, 4.69) is 0 Å². The van der Waals surface area contributed by atoms with Crippen molar-refractivity contribution >= 4 is 17.3 Å². The molecule has 0 aliphatic carbocycles. The molecule has 0 saturated heterocycles. The molecule has 0 aromatic heterocycles. The molecule has 0 radical (unpaired) electrons. The van der Waals surface area contributed by atoms with Crippen LogP contribution in [0.4, 0.5) is 11.4 Å². The van der Waals surface area contributed by atoms with Crippen LogP contribution in [0.15, 0.2) is 12.1 Å². The molecule has 0 atom stereocenters. The third-order valence-electron chi connectivity index (χ3n) is 2.06. The molecule has 1 rings (SSSR count). The molecular formula is C11H14N2O4. The van der Waals surface area contributed by atoms with Gasteiger partial charge in [0.2, 0.25) is 0 Å². The van der Waals surface area contributed by atoms with E-state index in [0.717, 1.165) is 0 Å². The van der Waals surface area contributed by atoms with Crippen LogP contribution in [0.5, 0.6) is 0 Å². The summed E-state index contributed by atoms with van der Waals surface area (Å²) in [6, 6.07) is 2.80. The van der Waals surface area contributed by atoms with E-state index in [9.17, 15) is 14.9 Å². The highest BCUT2D eigenvalue weighted by Crippen LogP contribution is 2.27. The van der Waals surface area contributed by atoms with Crippen LogP contribution in [0, 0.1) is 17.0 Å². The van der Waals surface area contributed by atoms with Crippen LogP contribution < -0.4 is 5.73 Å². The van der Waals surface area contributed by atoms with Gasteiger partial charge in [0.25, 0.3) is 5.69 Å². The van der Waals surface area contributed by atoms with Gasteiger partial charge in [0.05, 0.1) is 16.6 Å². The van der Waals surface area contributed by atoms with Gasteiger partial charge < -0.3 is 10.5 Å². The number of ether oxygens (including phenoxy) is 1. The van der Waals surface area contributed by atoms with E-state index in [-0.39, 0.29) is 23.0 Å². The van der Waals surface area contributed by atoms with Crippen LogP contribution in [0.25, 0.3) is 0 Å². The number of hydrogen-bond acceptors (Lipinski definition) is 5. The standard InChI is InChI=1S/C11H14N2O4/c1-6(2)17-11(14)8-4-7(3)5-9(10(8)12)13(15)16/h4-6H,12H2,1-3H3. The van der Waals surface area contributed by atoms with Crippen molar-refractivity contribution in [1.29, 1.82) is 0 Å². The molecule has 0 spiro atoms. The van der Waals surface area contributed by atoms with Crippen molar-refractivity contribution in [2.24, 2.45) is 0 Å². The van der Waals surface area contributed by atoms with E-state index in [1.54, 1.807) is 20.8 Å². The number of carbonyl (C=O) groups excluding carboxylic acids is 1. The van der Waals surface area contributed by atoms with Crippen molar-refractivity contribution in [2.45, 2.75) is 26.9 Å². The number of nitrogens with two attached hydrogens (primary N) is 1. The van der Waals surface area contributed by atoms with Gasteiger partial charge in [-0.1, -0.05) is 0 Å². The van der Waals surface area contributed by atoms with Crippen molar-refractivity contribution in [3.63, 3.8) is 0 Å². The number of nitrogens with zero attached hydrogens (tertiary/aromatic N) is 1. The van der Waals surface area contributed by atoms with Gasteiger partial charge in [-0.15, -0.1) is 0 Å². The lowest BCUT2D eigenvalue weighted by Gasteiger charge is -2.10. The molecule has 1 aromatic carbocycles. The van der Waals surface area contributed by atoms with Gasteiger partial charge >= 0.3 is 5.97 Å². The van der Waals surface area contributed by atoms with Gasteiger partial charge in [0.1, 0.15) is 5.69 Å². The van der Waals surface area contributed by atoms with E-state index in [4.69, 9.17) is 10.5 Å². The maximum Gasteiger partial charge on any atom is 0.340 e. The van der Waals surface area contributed by atoms with Gasteiger partial charge in [-0.3, -0.25) is 10.1 Å². The first kappa shape index (κ1) is 13.0. The summed E-state index contributed by atoms with van der Waals surface area (Å²) >= 11 is 0. The molecule has 0 amide bonds. The van der Waals surface area contributed by atoms with Crippen molar-refractivity contribution in [3.8, 4) is 0 Å². The van der Waals surface area contributed by atoms with E-state index >= 15 is 0 Å². The van der Waals surface area contributed by atoms with Crippen LogP contribution in [0.2, 0.25) is 0 Å². The Morgan fingerprint density at radius 3 is 2.53 bits per heavy atom. The number of aryl methyl sites for hydroxylation is 1. The summed E-state index contributed by atoms with van der Waals surface area (Å²) in [4.78, 5) is 21.8. The fraction of sp³-hybridized carbons (Fsp3) is 0.364. The van der Waals surface area contributed by atoms with Crippen LogP contribution >= 0.6 is 0 Å². The SMILES string of the molecule is Cc1cc(C(=O)OC(C)C)c(N)c([N+](=O)[O-])c1. The Morgan fingerprint density at radius 2 is 2.06 bits per heavy atom. The summed E-state index contributed by atoms with van der Waals surface area (Å²) in [5.41, 5.74) is 5.77. The average Bonchev–Trinajstić information content (AvgIpc) is 2.19. The summed E-state index contributed by atoms with van der Waals surface area (Å²) in [6.45, 7) is 5.04. The van der Waals surface area contributed by atoms with E-state index < -0.39 is 10.9 Å². The molecule has 0 aliphatic heterocycles. The van der Waals surface area contributed by atoms with Crippen LogP contribution in [0.1, 0.15) is 29.8 Å². The van der Waals surface area contributed by atoms with Crippen molar-refractivity contribution in [1.82, 2.24) is 0 Å². The maximum absolute atomic E-state index is 11.7. The molecular weight excluding hydrogens is 224 g/mol. The minimum atomic E-state index is -0.649. The molecule has 0 aliphatic rings. The zero-order valence-corrected chi connectivity index (χ0v) is 9.89. The monoisotopic (exact) mass is 238 g/mol. The number of nitrogen functional groups attached to an aromatic ring is 1. The Labute approximate surface area is 98.5 Å². The van der Waals surface area contributed by atoms with Crippen molar-refractivity contribution in [2.75, 3.05) is 5.73 Å². The first-order valence-corrected chi connectivity index (χ1v) is 5.08. The number of rotatable bonds is 3. The minimum absolute atomic E-state index is 0.0328. The lowest BCUT2D eigenvalue weighted by atomic mass is 10.1. The Balaban J connectivity index is 3.25. The highest BCUT2D eigenvalue weighted by Gasteiger charge is 2.21. The molecule has 92 valence electrons. The number of nitro benzene ring substituents is 1. The Kier molecular flexibility index (Phi) is 3.67. The second-order valence-corrected chi connectivity index (χ2v) is 3.96. The van der Waals surface area contributed by atoms with Gasteiger partial charge in [0, 0.05) is 6.07 Å². The summed E-state index contributed by atoms with van der Waals surface area (Å²) in [6.07, 6.45) is -0.304. The van der Waals surface area contributed by atoms with Crippen molar-refractivity contribution < 1.29 is 14.5 Å². The van der Waals surface area contributed by atoms with E-state index in [1.165, 1.54) is 12.1 Å². The number of hydrogen-bond donors (Lipinski definition) is 1. The van der Waals surface area contributed by atoms with Gasteiger partial charge in [-0.2, -0.15) is 0 Å². The van der Waals surface area contributed by atoms with Gasteiger partial charge in [-0.25, -0.2) is 4.79 Å². The molecule has 0 bridgehead atoms. The first-order chi connectivity index (χ1) is 7.82. The Morgan fingerprint density at radius 1 is 1.47 bits per heavy atom. The third kappa shape index (κ3) is 2.93. The first-order valence-electron chi connectivity index (χ1n) is 5.08. The van der Waals surface area contributed by atoms with Crippen LogP contribution in [-0.4, -0.2) is 17.0 Å². The molecule has 2 N–H and O–H groups in total. The van der Waals surface area contributed by atoms with Gasteiger partial charge in [-0.05, 0) is 32.4 Å². The Hall–Kier alpha value is -2.11. The molecule has 17 heavy (non-hydrogen) atoms. The lowest BCUT2D eigenvalue weighted by Crippen LogP contribution is -2.14. The average molecular weight is 238 g/mol. The molecule has 0 fully saturated rings. The topological polar surface area (TPSA) is 95.5 Å². The normalized spacial score (nSPS) is 10.4. The van der Waals surface area contributed by atoms with Gasteiger partial charge in [0.15, 0.2) is 0 Å². The Bertz CT molecular complexity index is 469. The zero-order chi connectivity index (χ0) is 13.2. The molecule has 0 saturated carbocycles. The van der Waals surface area contributed by atoms with Crippen molar-refractivity contribution in [3.05, 3.63) is 33.4 Å². The number of anilines is 1.